The third-order valence-corrected chi connectivity index (χ3v) is 4.97. The molecule has 0 unspecified atom stereocenters. The molecule has 1 aromatic rings. The second-order valence-electron chi connectivity index (χ2n) is 5.34. The van der Waals surface area contributed by atoms with Gasteiger partial charge in [0.15, 0.2) is 0 Å². The molecule has 1 aliphatic rings. The quantitative estimate of drug-likeness (QED) is 0.446. The summed E-state index contributed by atoms with van der Waals surface area (Å²) >= 11 is 3.21. The molecule has 0 saturated heterocycles. The minimum atomic E-state index is -1.82. The number of rotatable bonds is 6. The van der Waals surface area contributed by atoms with E-state index < -0.39 is 11.9 Å². The fraction of sp³-hybridized carbons (Fsp3) is 0.600. The predicted octanol–water partition coefficient (Wildman–Crippen LogP) is 2.69. The summed E-state index contributed by atoms with van der Waals surface area (Å²) in [5.41, 5.74) is 2.49. The standard InChI is InChI=1S/C13H21N3S2.C2H2O4/c1-3-4-5-9-17-13-12(14-18-15-13)11-7-6-8-16(2)10-11;3-1(4)2(5)6/h7H,3-6,8-10H2,1-2H3;(H,3,4)(H,5,6). The molecule has 0 radical (unpaired) electrons. The monoisotopic (exact) mass is 373 g/mol. The van der Waals surface area contributed by atoms with Crippen LogP contribution in [0.4, 0.5) is 0 Å². The van der Waals surface area contributed by atoms with Crippen LogP contribution in [-0.2, 0) is 9.59 Å². The first-order chi connectivity index (χ1) is 11.5. The van der Waals surface area contributed by atoms with Crippen LogP contribution in [0, 0.1) is 0 Å². The Labute approximate surface area is 150 Å². The molecular weight excluding hydrogens is 350 g/mol. The van der Waals surface area contributed by atoms with Gasteiger partial charge in [-0.1, -0.05) is 25.8 Å². The van der Waals surface area contributed by atoms with E-state index in [0.29, 0.717) is 0 Å². The molecule has 9 heteroatoms. The Morgan fingerprint density at radius 3 is 2.58 bits per heavy atom. The molecule has 0 aromatic carbocycles. The van der Waals surface area contributed by atoms with Crippen molar-refractivity contribution in [3.63, 3.8) is 0 Å². The van der Waals surface area contributed by atoms with Crippen LogP contribution in [0.25, 0.3) is 5.57 Å². The van der Waals surface area contributed by atoms with Crippen molar-refractivity contribution in [1.82, 2.24) is 13.6 Å². The zero-order valence-corrected chi connectivity index (χ0v) is 15.5. The van der Waals surface area contributed by atoms with Crippen LogP contribution in [0.3, 0.4) is 0 Å². The topological polar surface area (TPSA) is 104 Å². The number of likely N-dealkylation sites (N-methyl/N-ethyl adjacent to an activating group) is 1. The Bertz CT molecular complexity index is 563. The van der Waals surface area contributed by atoms with Crippen molar-refractivity contribution in [2.45, 2.75) is 37.6 Å². The summed E-state index contributed by atoms with van der Waals surface area (Å²) in [5.74, 6) is -2.49. The van der Waals surface area contributed by atoms with Crippen molar-refractivity contribution in [3.8, 4) is 0 Å². The van der Waals surface area contributed by atoms with Gasteiger partial charge in [0, 0.05) is 13.1 Å². The number of carboxylic acids is 2. The van der Waals surface area contributed by atoms with E-state index in [9.17, 15) is 0 Å². The van der Waals surface area contributed by atoms with Crippen LogP contribution < -0.4 is 0 Å². The fourth-order valence-electron chi connectivity index (χ4n) is 2.06. The van der Waals surface area contributed by atoms with Crippen LogP contribution in [0.1, 0.15) is 38.3 Å². The zero-order valence-electron chi connectivity index (χ0n) is 13.9. The number of carbonyl (C=O) groups is 2. The molecule has 1 aromatic heterocycles. The largest absolute Gasteiger partial charge is 0.473 e. The Morgan fingerprint density at radius 1 is 1.29 bits per heavy atom. The van der Waals surface area contributed by atoms with Crippen LogP contribution in [0.5, 0.6) is 0 Å². The van der Waals surface area contributed by atoms with Gasteiger partial charge >= 0.3 is 11.9 Å². The van der Waals surface area contributed by atoms with Crippen molar-refractivity contribution in [1.29, 1.82) is 0 Å². The van der Waals surface area contributed by atoms with E-state index in [-0.39, 0.29) is 0 Å². The lowest BCUT2D eigenvalue weighted by Gasteiger charge is -2.22. The highest BCUT2D eigenvalue weighted by Crippen LogP contribution is 2.29. The second-order valence-corrected chi connectivity index (χ2v) is 6.95. The van der Waals surface area contributed by atoms with Crippen molar-refractivity contribution < 1.29 is 19.8 Å². The predicted molar refractivity (Wildman–Crippen MR) is 95.5 cm³/mol. The summed E-state index contributed by atoms with van der Waals surface area (Å²) in [7, 11) is 2.17. The molecule has 0 saturated carbocycles. The first-order valence-corrected chi connectivity index (χ1v) is 9.46. The fourth-order valence-corrected chi connectivity index (χ4v) is 3.77. The van der Waals surface area contributed by atoms with Gasteiger partial charge in [-0.25, -0.2) is 9.59 Å². The highest BCUT2D eigenvalue weighted by Gasteiger charge is 2.17. The number of hydrogen-bond donors (Lipinski definition) is 2. The van der Waals surface area contributed by atoms with E-state index in [2.05, 4.69) is 33.7 Å². The third kappa shape index (κ3) is 7.41. The van der Waals surface area contributed by atoms with E-state index in [0.717, 1.165) is 36.0 Å². The van der Waals surface area contributed by atoms with Crippen LogP contribution in [0.2, 0.25) is 0 Å². The first kappa shape index (κ1) is 20.6. The lowest BCUT2D eigenvalue weighted by Crippen LogP contribution is -2.25. The van der Waals surface area contributed by atoms with Gasteiger partial charge in [0.25, 0.3) is 0 Å². The number of aliphatic carboxylic acids is 2. The molecule has 134 valence electrons. The molecule has 1 aliphatic heterocycles. The van der Waals surface area contributed by atoms with Crippen molar-refractivity contribution in [2.24, 2.45) is 0 Å². The molecule has 0 atom stereocenters. The van der Waals surface area contributed by atoms with E-state index in [1.165, 1.54) is 36.6 Å². The Kier molecular flexibility index (Phi) is 9.58. The number of aromatic nitrogens is 2. The van der Waals surface area contributed by atoms with Crippen LogP contribution >= 0.6 is 23.5 Å². The van der Waals surface area contributed by atoms with Gasteiger partial charge in [-0.2, -0.15) is 8.75 Å². The number of hydrogen-bond acceptors (Lipinski definition) is 7. The van der Waals surface area contributed by atoms with Crippen LogP contribution in [-0.4, -0.2) is 61.7 Å². The first-order valence-electron chi connectivity index (χ1n) is 7.75. The molecule has 7 nitrogen and oxygen atoms in total. The minimum absolute atomic E-state index is 1.01. The van der Waals surface area contributed by atoms with E-state index in [1.54, 1.807) is 0 Å². The minimum Gasteiger partial charge on any atom is -0.473 e. The summed E-state index contributed by atoms with van der Waals surface area (Å²) in [6.07, 6.45) is 7.32. The van der Waals surface area contributed by atoms with Gasteiger partial charge in [0.2, 0.25) is 0 Å². The molecule has 24 heavy (non-hydrogen) atoms. The maximum Gasteiger partial charge on any atom is 0.414 e. The average molecular weight is 374 g/mol. The number of unbranched alkanes of at least 4 members (excludes halogenated alkanes) is 2. The van der Waals surface area contributed by atoms with Gasteiger partial charge in [-0.3, -0.25) is 0 Å². The summed E-state index contributed by atoms with van der Waals surface area (Å²) in [4.78, 5) is 20.5. The van der Waals surface area contributed by atoms with Gasteiger partial charge in [-0.05, 0) is 31.2 Å². The van der Waals surface area contributed by atoms with Gasteiger partial charge in [0.05, 0.1) is 11.7 Å². The maximum atomic E-state index is 9.10. The number of nitrogens with zero attached hydrogens (tertiary/aromatic N) is 3. The average Bonchev–Trinajstić information content (AvgIpc) is 3.00. The summed E-state index contributed by atoms with van der Waals surface area (Å²) in [5, 5.41) is 15.9. The van der Waals surface area contributed by atoms with Gasteiger partial charge < -0.3 is 15.1 Å². The molecule has 0 spiro atoms. The highest BCUT2D eigenvalue weighted by atomic mass is 32.2. The SMILES string of the molecule is CCCCCSc1nsnc1C1=CCCN(C)C1.O=C(O)C(=O)O. The molecule has 0 fully saturated rings. The van der Waals surface area contributed by atoms with E-state index in [4.69, 9.17) is 19.8 Å². The smallest absolute Gasteiger partial charge is 0.414 e. The summed E-state index contributed by atoms with van der Waals surface area (Å²) in [6, 6.07) is 0. The lowest BCUT2D eigenvalue weighted by molar-refractivity contribution is -0.159. The third-order valence-electron chi connectivity index (χ3n) is 3.27. The summed E-state index contributed by atoms with van der Waals surface area (Å²) in [6.45, 7) is 4.40. The van der Waals surface area contributed by atoms with Crippen molar-refractivity contribution in [3.05, 3.63) is 11.8 Å². The molecule has 2 rings (SSSR count). The molecule has 2 heterocycles. The highest BCUT2D eigenvalue weighted by molar-refractivity contribution is 7.99. The maximum absolute atomic E-state index is 9.10. The number of carboxylic acid groups (broad SMARTS) is 2. The Hall–Kier alpha value is -1.45. The van der Waals surface area contributed by atoms with E-state index in [1.807, 2.05) is 11.8 Å². The molecular formula is C15H23N3O4S2. The Morgan fingerprint density at radius 2 is 2.00 bits per heavy atom. The van der Waals surface area contributed by atoms with Crippen LogP contribution in [0.15, 0.2) is 11.1 Å². The second kappa shape index (κ2) is 11.2. The van der Waals surface area contributed by atoms with Crippen molar-refractivity contribution in [2.75, 3.05) is 25.9 Å². The lowest BCUT2D eigenvalue weighted by atomic mass is 10.1. The normalized spacial score (nSPS) is 14.5. The molecule has 0 aliphatic carbocycles. The van der Waals surface area contributed by atoms with Gasteiger partial charge in [-0.15, -0.1) is 11.8 Å². The zero-order chi connectivity index (χ0) is 17.9. The molecule has 2 N–H and O–H groups in total. The number of thioether (sulfide) groups is 1. The molecule has 0 bridgehead atoms. The molecule has 0 amide bonds. The van der Waals surface area contributed by atoms with E-state index >= 15 is 0 Å². The van der Waals surface area contributed by atoms with Gasteiger partial charge in [0.1, 0.15) is 10.7 Å². The Balaban J connectivity index is 0.000000413. The summed E-state index contributed by atoms with van der Waals surface area (Å²) < 4.78 is 8.94. The van der Waals surface area contributed by atoms with Crippen molar-refractivity contribution >= 4 is 41.0 Å².